The standard InChI is InChI=1S/C19H17NO4/c1-12-4-3-5-16(10-12)24-17-11-18(22)20(19(17)23)15-8-6-14(7-9-15)13(2)21/h3-10,17H,11H2,1-2H3. The molecule has 122 valence electrons. The van der Waals surface area contributed by atoms with Crippen LogP contribution in [0.4, 0.5) is 5.69 Å². The number of anilines is 1. The zero-order chi connectivity index (χ0) is 17.3. The number of nitrogens with zero attached hydrogens (tertiary/aromatic N) is 1. The summed E-state index contributed by atoms with van der Waals surface area (Å²) in [7, 11) is 0. The van der Waals surface area contributed by atoms with E-state index in [1.54, 1.807) is 30.3 Å². The second kappa shape index (κ2) is 6.28. The van der Waals surface area contributed by atoms with Gasteiger partial charge in [0.15, 0.2) is 11.9 Å². The lowest BCUT2D eigenvalue weighted by atomic mass is 10.1. The molecule has 3 rings (SSSR count). The minimum Gasteiger partial charge on any atom is -0.480 e. The third-order valence-electron chi connectivity index (χ3n) is 3.91. The van der Waals surface area contributed by atoms with Gasteiger partial charge in [-0.3, -0.25) is 14.4 Å². The summed E-state index contributed by atoms with van der Waals surface area (Å²) in [5.41, 5.74) is 2.00. The van der Waals surface area contributed by atoms with Gasteiger partial charge in [0.2, 0.25) is 5.91 Å². The van der Waals surface area contributed by atoms with E-state index in [-0.39, 0.29) is 18.1 Å². The van der Waals surface area contributed by atoms with E-state index in [9.17, 15) is 14.4 Å². The van der Waals surface area contributed by atoms with Crippen molar-refractivity contribution in [3.05, 3.63) is 59.7 Å². The van der Waals surface area contributed by atoms with Gasteiger partial charge >= 0.3 is 0 Å². The highest BCUT2D eigenvalue weighted by Crippen LogP contribution is 2.26. The fraction of sp³-hybridized carbons (Fsp3) is 0.211. The van der Waals surface area contributed by atoms with Crippen molar-refractivity contribution in [3.8, 4) is 5.75 Å². The first kappa shape index (κ1) is 15.9. The van der Waals surface area contributed by atoms with Gasteiger partial charge in [0, 0.05) is 5.56 Å². The number of ketones is 1. The van der Waals surface area contributed by atoms with E-state index in [0.29, 0.717) is 17.0 Å². The first-order valence-corrected chi connectivity index (χ1v) is 7.67. The number of hydrogen-bond donors (Lipinski definition) is 0. The quantitative estimate of drug-likeness (QED) is 0.641. The average Bonchev–Trinajstić information content (AvgIpc) is 2.81. The van der Waals surface area contributed by atoms with Gasteiger partial charge in [0.1, 0.15) is 5.75 Å². The van der Waals surface area contributed by atoms with Crippen molar-refractivity contribution in [2.45, 2.75) is 26.4 Å². The fourth-order valence-corrected chi connectivity index (χ4v) is 2.67. The van der Waals surface area contributed by atoms with Crippen molar-refractivity contribution in [2.75, 3.05) is 4.90 Å². The third kappa shape index (κ3) is 3.06. The van der Waals surface area contributed by atoms with Crippen LogP contribution in [0.3, 0.4) is 0 Å². The van der Waals surface area contributed by atoms with Gasteiger partial charge in [-0.15, -0.1) is 0 Å². The molecule has 24 heavy (non-hydrogen) atoms. The maximum absolute atomic E-state index is 12.5. The predicted octanol–water partition coefficient (Wildman–Crippen LogP) is 2.91. The van der Waals surface area contributed by atoms with E-state index < -0.39 is 12.0 Å². The van der Waals surface area contributed by atoms with Gasteiger partial charge < -0.3 is 4.74 Å². The van der Waals surface area contributed by atoms with Gasteiger partial charge in [-0.05, 0) is 55.8 Å². The van der Waals surface area contributed by atoms with Gasteiger partial charge in [-0.25, -0.2) is 4.90 Å². The molecule has 1 unspecified atom stereocenters. The highest BCUT2D eigenvalue weighted by atomic mass is 16.5. The largest absolute Gasteiger partial charge is 0.480 e. The lowest BCUT2D eigenvalue weighted by molar-refractivity contribution is -0.123. The smallest absolute Gasteiger partial charge is 0.275 e. The molecule has 0 N–H and O–H groups in total. The fourth-order valence-electron chi connectivity index (χ4n) is 2.67. The van der Waals surface area contributed by atoms with Crippen LogP contribution in [0.5, 0.6) is 5.75 Å². The first-order chi connectivity index (χ1) is 11.5. The van der Waals surface area contributed by atoms with Crippen LogP contribution in [-0.4, -0.2) is 23.7 Å². The van der Waals surface area contributed by atoms with Gasteiger partial charge in [0.05, 0.1) is 12.1 Å². The van der Waals surface area contributed by atoms with E-state index in [2.05, 4.69) is 0 Å². The number of amides is 2. The number of hydrogen-bond acceptors (Lipinski definition) is 4. The summed E-state index contributed by atoms with van der Waals surface area (Å²) >= 11 is 0. The van der Waals surface area contributed by atoms with Crippen molar-refractivity contribution in [1.29, 1.82) is 0 Å². The Balaban J connectivity index is 1.80. The second-order valence-electron chi connectivity index (χ2n) is 5.80. The van der Waals surface area contributed by atoms with Crippen LogP contribution >= 0.6 is 0 Å². The summed E-state index contributed by atoms with van der Waals surface area (Å²) in [6, 6.07) is 13.8. The number of benzene rings is 2. The SMILES string of the molecule is CC(=O)c1ccc(N2C(=O)CC(Oc3cccc(C)c3)C2=O)cc1. The molecule has 1 heterocycles. The van der Waals surface area contributed by atoms with Crippen molar-refractivity contribution in [3.63, 3.8) is 0 Å². The molecule has 0 aliphatic carbocycles. The average molecular weight is 323 g/mol. The molecule has 2 amide bonds. The highest BCUT2D eigenvalue weighted by Gasteiger charge is 2.41. The molecule has 1 fully saturated rings. The van der Waals surface area contributed by atoms with E-state index in [1.807, 2.05) is 25.1 Å². The predicted molar refractivity (Wildman–Crippen MR) is 89.2 cm³/mol. The van der Waals surface area contributed by atoms with Crippen LogP contribution < -0.4 is 9.64 Å². The third-order valence-corrected chi connectivity index (χ3v) is 3.91. The molecule has 0 radical (unpaired) electrons. The van der Waals surface area contributed by atoms with Crippen molar-refractivity contribution < 1.29 is 19.1 Å². The number of imide groups is 1. The lowest BCUT2D eigenvalue weighted by Gasteiger charge is -2.16. The molecule has 1 atom stereocenters. The number of Topliss-reactive ketones (excluding diaryl/α,β-unsaturated/α-hetero) is 1. The Morgan fingerprint density at radius 2 is 1.83 bits per heavy atom. The number of carbonyl (C=O) groups excluding carboxylic acids is 3. The number of rotatable bonds is 4. The molecule has 0 saturated carbocycles. The van der Waals surface area contributed by atoms with Gasteiger partial charge in [-0.2, -0.15) is 0 Å². The monoisotopic (exact) mass is 323 g/mol. The Morgan fingerprint density at radius 3 is 2.46 bits per heavy atom. The Morgan fingerprint density at radius 1 is 1.12 bits per heavy atom. The summed E-state index contributed by atoms with van der Waals surface area (Å²) in [5, 5.41) is 0. The molecule has 5 nitrogen and oxygen atoms in total. The minimum absolute atomic E-state index is 0.00123. The van der Waals surface area contributed by atoms with E-state index in [1.165, 1.54) is 6.92 Å². The Bertz CT molecular complexity index is 810. The molecule has 0 aromatic heterocycles. The van der Waals surface area contributed by atoms with Crippen LogP contribution in [0, 0.1) is 6.92 Å². The normalized spacial score (nSPS) is 17.2. The molecular formula is C19H17NO4. The number of carbonyl (C=O) groups is 3. The number of aryl methyl sites for hydroxylation is 1. The highest BCUT2D eigenvalue weighted by molar-refractivity contribution is 6.22. The maximum Gasteiger partial charge on any atom is 0.275 e. The summed E-state index contributed by atoms with van der Waals surface area (Å²) in [5.74, 6) is -0.207. The van der Waals surface area contributed by atoms with Crippen LogP contribution in [0.15, 0.2) is 48.5 Å². The molecule has 1 saturated heterocycles. The second-order valence-corrected chi connectivity index (χ2v) is 5.80. The summed E-state index contributed by atoms with van der Waals surface area (Å²) < 4.78 is 5.69. The minimum atomic E-state index is -0.827. The molecule has 0 bridgehead atoms. The summed E-state index contributed by atoms with van der Waals surface area (Å²) in [6.45, 7) is 3.39. The van der Waals surface area contributed by atoms with Crippen LogP contribution in [-0.2, 0) is 9.59 Å². The molecule has 5 heteroatoms. The summed E-state index contributed by atoms with van der Waals surface area (Å²) in [6.07, 6.45) is -0.826. The lowest BCUT2D eigenvalue weighted by Crippen LogP contribution is -2.33. The Hall–Kier alpha value is -2.95. The molecule has 1 aliphatic rings. The topological polar surface area (TPSA) is 63.7 Å². The Kier molecular flexibility index (Phi) is 4.16. The van der Waals surface area contributed by atoms with Crippen molar-refractivity contribution in [1.82, 2.24) is 0 Å². The zero-order valence-corrected chi connectivity index (χ0v) is 13.5. The van der Waals surface area contributed by atoms with Crippen LogP contribution in [0.2, 0.25) is 0 Å². The van der Waals surface area contributed by atoms with Crippen molar-refractivity contribution >= 4 is 23.3 Å². The van der Waals surface area contributed by atoms with Gasteiger partial charge in [-0.1, -0.05) is 12.1 Å². The molecule has 1 aliphatic heterocycles. The molecular weight excluding hydrogens is 306 g/mol. The van der Waals surface area contributed by atoms with Crippen molar-refractivity contribution in [2.24, 2.45) is 0 Å². The maximum atomic E-state index is 12.5. The van der Waals surface area contributed by atoms with E-state index in [4.69, 9.17) is 4.74 Å². The van der Waals surface area contributed by atoms with Crippen LogP contribution in [0.1, 0.15) is 29.3 Å². The molecule has 0 spiro atoms. The molecule has 2 aromatic rings. The number of ether oxygens (including phenoxy) is 1. The van der Waals surface area contributed by atoms with Gasteiger partial charge in [0.25, 0.3) is 5.91 Å². The molecule has 2 aromatic carbocycles. The summed E-state index contributed by atoms with van der Waals surface area (Å²) in [4.78, 5) is 37.2. The van der Waals surface area contributed by atoms with E-state index in [0.717, 1.165) is 10.5 Å². The Labute approximate surface area is 139 Å². The van der Waals surface area contributed by atoms with Crippen LogP contribution in [0.25, 0.3) is 0 Å². The van der Waals surface area contributed by atoms with E-state index >= 15 is 0 Å². The first-order valence-electron chi connectivity index (χ1n) is 7.67. The zero-order valence-electron chi connectivity index (χ0n) is 13.5.